The Morgan fingerprint density at radius 2 is 2.42 bits per heavy atom. The largest absolute Gasteiger partial charge is 0.465 e. The summed E-state index contributed by atoms with van der Waals surface area (Å²) >= 11 is 0. The predicted octanol–water partition coefficient (Wildman–Crippen LogP) is 0.168. The first kappa shape index (κ1) is 8.25. The third-order valence-electron chi connectivity index (χ3n) is 1.23. The Labute approximate surface area is 67.3 Å². The van der Waals surface area contributed by atoms with E-state index in [9.17, 15) is 9.59 Å². The van der Waals surface area contributed by atoms with Crippen molar-refractivity contribution >= 4 is 11.9 Å². The number of H-pyrrole nitrogens is 1. The molecule has 1 heterocycles. The number of aromatic nitrogens is 2. The molecule has 0 radical (unpaired) electrons. The molecule has 1 amide bonds. The minimum absolute atomic E-state index is 0.155. The van der Waals surface area contributed by atoms with Crippen LogP contribution in [0.2, 0.25) is 0 Å². The van der Waals surface area contributed by atoms with Gasteiger partial charge in [0.15, 0.2) is 0 Å². The average Bonchev–Trinajstić information content (AvgIpc) is 1.96. The van der Waals surface area contributed by atoms with Crippen molar-refractivity contribution in [1.82, 2.24) is 9.97 Å². The summed E-state index contributed by atoms with van der Waals surface area (Å²) in [7, 11) is 0. The highest BCUT2D eigenvalue weighted by molar-refractivity contribution is 5.82. The van der Waals surface area contributed by atoms with Gasteiger partial charge in [0.25, 0.3) is 0 Å². The number of amides is 1. The highest BCUT2D eigenvalue weighted by Gasteiger charge is 2.02. The van der Waals surface area contributed by atoms with Gasteiger partial charge in [-0.15, -0.1) is 0 Å². The van der Waals surface area contributed by atoms with Gasteiger partial charge in [-0.1, -0.05) is 0 Å². The lowest BCUT2D eigenvalue weighted by Crippen LogP contribution is -2.17. The van der Waals surface area contributed by atoms with Crippen molar-refractivity contribution in [3.05, 3.63) is 22.2 Å². The molecule has 0 spiro atoms. The van der Waals surface area contributed by atoms with Gasteiger partial charge in [0.2, 0.25) is 0 Å². The van der Waals surface area contributed by atoms with E-state index in [0.717, 1.165) is 0 Å². The zero-order chi connectivity index (χ0) is 9.14. The Kier molecular flexibility index (Phi) is 2.09. The molecule has 1 rings (SSSR count). The predicted molar refractivity (Wildman–Crippen MR) is 41.2 cm³/mol. The maximum Gasteiger partial charge on any atom is 0.410 e. The molecule has 12 heavy (non-hydrogen) atoms. The first-order valence-corrected chi connectivity index (χ1v) is 3.15. The summed E-state index contributed by atoms with van der Waals surface area (Å²) in [6.07, 6.45) is 0.0735. The lowest BCUT2D eigenvalue weighted by atomic mass is 10.3. The second-order valence-electron chi connectivity index (χ2n) is 2.18. The molecule has 64 valence electrons. The van der Waals surface area contributed by atoms with E-state index in [1.165, 1.54) is 6.20 Å². The molecular formula is C6H7N3O3. The summed E-state index contributed by atoms with van der Waals surface area (Å²) in [5.41, 5.74) is -0.0126. The smallest absolute Gasteiger partial charge is 0.410 e. The van der Waals surface area contributed by atoms with Crippen molar-refractivity contribution in [2.24, 2.45) is 0 Å². The van der Waals surface area contributed by atoms with Gasteiger partial charge in [-0.2, -0.15) is 0 Å². The molecule has 3 N–H and O–H groups in total. The lowest BCUT2D eigenvalue weighted by Gasteiger charge is -2.01. The Morgan fingerprint density at radius 3 is 3.00 bits per heavy atom. The van der Waals surface area contributed by atoms with Crippen LogP contribution in [0.4, 0.5) is 10.6 Å². The highest BCUT2D eigenvalue weighted by atomic mass is 16.4. The fourth-order valence-corrected chi connectivity index (χ4v) is 0.695. The van der Waals surface area contributed by atoms with Gasteiger partial charge in [0.1, 0.15) is 5.82 Å². The van der Waals surface area contributed by atoms with Crippen LogP contribution >= 0.6 is 0 Å². The minimum atomic E-state index is -1.22. The molecule has 0 fully saturated rings. The Hall–Kier alpha value is -1.85. The molecule has 1 aromatic heterocycles. The van der Waals surface area contributed by atoms with E-state index in [4.69, 9.17) is 5.11 Å². The average molecular weight is 169 g/mol. The van der Waals surface area contributed by atoms with E-state index in [1.807, 2.05) is 5.32 Å². The van der Waals surface area contributed by atoms with E-state index < -0.39 is 11.8 Å². The molecule has 1 aromatic rings. The normalized spacial score (nSPS) is 9.42. The molecule has 0 aliphatic heterocycles. The van der Waals surface area contributed by atoms with Crippen molar-refractivity contribution in [2.75, 3.05) is 5.32 Å². The Balaban J connectivity index is 3.05. The number of hydrogen-bond donors (Lipinski definition) is 3. The van der Waals surface area contributed by atoms with Crippen LogP contribution in [-0.4, -0.2) is 21.2 Å². The monoisotopic (exact) mass is 169 g/mol. The van der Waals surface area contributed by atoms with Gasteiger partial charge < -0.3 is 5.11 Å². The summed E-state index contributed by atoms with van der Waals surface area (Å²) in [5.74, 6) is 0.155. The second kappa shape index (κ2) is 3.04. The highest BCUT2D eigenvalue weighted by Crippen LogP contribution is 2.04. The Bertz CT molecular complexity index is 357. The van der Waals surface area contributed by atoms with Gasteiger partial charge in [-0.25, -0.2) is 14.6 Å². The van der Waals surface area contributed by atoms with Crippen LogP contribution in [0.3, 0.4) is 0 Å². The zero-order valence-electron chi connectivity index (χ0n) is 6.29. The number of nitrogens with one attached hydrogen (secondary N) is 2. The molecule has 0 aromatic carbocycles. The van der Waals surface area contributed by atoms with E-state index >= 15 is 0 Å². The number of hydrogen-bond acceptors (Lipinski definition) is 3. The molecule has 6 nitrogen and oxygen atoms in total. The third kappa shape index (κ3) is 1.82. The zero-order valence-corrected chi connectivity index (χ0v) is 6.29. The number of aromatic amines is 1. The van der Waals surface area contributed by atoms with Crippen LogP contribution in [-0.2, 0) is 0 Å². The first-order chi connectivity index (χ1) is 5.59. The van der Waals surface area contributed by atoms with Crippen molar-refractivity contribution < 1.29 is 9.90 Å². The van der Waals surface area contributed by atoms with E-state index in [0.29, 0.717) is 5.56 Å². The fourth-order valence-electron chi connectivity index (χ4n) is 0.695. The summed E-state index contributed by atoms with van der Waals surface area (Å²) in [4.78, 5) is 26.5. The molecule has 0 aliphatic rings. The maximum absolute atomic E-state index is 10.6. The van der Waals surface area contributed by atoms with Crippen LogP contribution < -0.4 is 11.0 Å². The summed E-state index contributed by atoms with van der Waals surface area (Å²) in [6.45, 7) is 1.63. The quantitative estimate of drug-likeness (QED) is 0.558. The first-order valence-electron chi connectivity index (χ1n) is 3.15. The fraction of sp³-hybridized carbons (Fsp3) is 0.167. The Morgan fingerprint density at radius 1 is 1.75 bits per heavy atom. The van der Waals surface area contributed by atoms with Crippen LogP contribution in [0.1, 0.15) is 5.56 Å². The van der Waals surface area contributed by atoms with Crippen LogP contribution in [0.15, 0.2) is 11.0 Å². The molecule has 0 saturated carbocycles. The number of aryl methyl sites for hydroxylation is 1. The lowest BCUT2D eigenvalue weighted by molar-refractivity contribution is 0.209. The molecule has 0 aliphatic carbocycles. The summed E-state index contributed by atoms with van der Waals surface area (Å²) in [6, 6.07) is 0. The molecular weight excluding hydrogens is 162 g/mol. The number of carboxylic acid groups (broad SMARTS) is 1. The summed E-state index contributed by atoms with van der Waals surface area (Å²) in [5, 5.41) is 10.4. The maximum atomic E-state index is 10.6. The van der Waals surface area contributed by atoms with Crippen LogP contribution in [0.25, 0.3) is 0 Å². The number of anilines is 1. The second-order valence-corrected chi connectivity index (χ2v) is 2.18. The van der Waals surface area contributed by atoms with Crippen molar-refractivity contribution in [1.29, 1.82) is 0 Å². The molecule has 0 saturated heterocycles. The van der Waals surface area contributed by atoms with Crippen LogP contribution in [0, 0.1) is 6.92 Å². The van der Waals surface area contributed by atoms with Crippen molar-refractivity contribution in [2.45, 2.75) is 6.92 Å². The van der Waals surface area contributed by atoms with Gasteiger partial charge >= 0.3 is 11.8 Å². The van der Waals surface area contributed by atoms with E-state index in [2.05, 4.69) is 9.97 Å². The van der Waals surface area contributed by atoms with E-state index in [-0.39, 0.29) is 5.82 Å². The standard InChI is InChI=1S/C6H7N3O3/c1-3-2-7-5(10)8-4(3)9-6(11)12/h2H,1H3,(H,11,12)(H2,7,8,9,10). The third-order valence-corrected chi connectivity index (χ3v) is 1.23. The van der Waals surface area contributed by atoms with E-state index in [1.54, 1.807) is 6.92 Å². The molecule has 0 unspecified atom stereocenters. The number of rotatable bonds is 1. The molecule has 0 atom stereocenters. The molecule has 0 bridgehead atoms. The summed E-state index contributed by atoms with van der Waals surface area (Å²) < 4.78 is 0. The van der Waals surface area contributed by atoms with Gasteiger partial charge in [0, 0.05) is 11.8 Å². The van der Waals surface area contributed by atoms with Crippen LogP contribution in [0.5, 0.6) is 0 Å². The van der Waals surface area contributed by atoms with Gasteiger partial charge in [0.05, 0.1) is 0 Å². The molecule has 6 heteroatoms. The number of nitrogens with zero attached hydrogens (tertiary/aromatic N) is 1. The van der Waals surface area contributed by atoms with Gasteiger partial charge in [-0.3, -0.25) is 10.3 Å². The number of carbonyl (C=O) groups is 1. The van der Waals surface area contributed by atoms with Crippen molar-refractivity contribution in [3.63, 3.8) is 0 Å². The topological polar surface area (TPSA) is 95.1 Å². The van der Waals surface area contributed by atoms with Crippen molar-refractivity contribution in [3.8, 4) is 0 Å². The minimum Gasteiger partial charge on any atom is -0.465 e. The SMILES string of the molecule is Cc1cnc(=O)[nH]c1NC(=O)O. The van der Waals surface area contributed by atoms with Gasteiger partial charge in [-0.05, 0) is 6.92 Å².